The van der Waals surface area contributed by atoms with Crippen LogP contribution in [0.25, 0.3) is 21.9 Å². The van der Waals surface area contributed by atoms with Gasteiger partial charge in [0.1, 0.15) is 11.6 Å². The van der Waals surface area contributed by atoms with Gasteiger partial charge in [-0.1, -0.05) is 66.7 Å². The lowest BCUT2D eigenvalue weighted by Crippen LogP contribution is -2.25. The maximum Gasteiger partial charge on any atom is 0.270 e. The first-order valence-corrected chi connectivity index (χ1v) is 13.2. The first-order chi connectivity index (χ1) is 18.3. The van der Waals surface area contributed by atoms with E-state index >= 15 is 0 Å². The van der Waals surface area contributed by atoms with Crippen molar-refractivity contribution in [3.05, 3.63) is 115 Å². The Kier molecular flexibility index (Phi) is 6.78. The number of hydrogen-bond donors (Lipinski definition) is 3. The zero-order valence-corrected chi connectivity index (χ0v) is 20.9. The van der Waals surface area contributed by atoms with Gasteiger partial charge in [0.15, 0.2) is 0 Å². The summed E-state index contributed by atoms with van der Waals surface area (Å²) in [6.07, 6.45) is 0.686. The number of anilines is 2. The summed E-state index contributed by atoms with van der Waals surface area (Å²) in [6, 6.07) is 29.7. The molecule has 5 rings (SSSR count). The number of aromatic nitrogens is 1. The molecular formula is C29H24N4O4S. The second-order valence-corrected chi connectivity index (χ2v) is 10.1. The molecule has 4 aromatic carbocycles. The van der Waals surface area contributed by atoms with Crippen molar-refractivity contribution in [1.29, 1.82) is 0 Å². The van der Waals surface area contributed by atoms with Gasteiger partial charge in [-0.25, -0.2) is 18.5 Å². The molecule has 5 aromatic rings. The van der Waals surface area contributed by atoms with Crippen LogP contribution in [0.4, 0.5) is 11.5 Å². The number of amides is 1. The molecule has 0 aliphatic rings. The molecule has 38 heavy (non-hydrogen) atoms. The molecule has 0 aliphatic heterocycles. The third-order valence-corrected chi connectivity index (χ3v) is 6.99. The maximum atomic E-state index is 13.4. The highest BCUT2D eigenvalue weighted by molar-refractivity contribution is 7.89. The molecular weight excluding hydrogens is 500 g/mol. The monoisotopic (exact) mass is 524 g/mol. The van der Waals surface area contributed by atoms with E-state index in [0.29, 0.717) is 33.9 Å². The molecule has 1 amide bonds. The lowest BCUT2D eigenvalue weighted by atomic mass is 10.0. The molecule has 0 saturated carbocycles. The Bertz CT molecular complexity index is 1720. The summed E-state index contributed by atoms with van der Waals surface area (Å²) in [5.74, 6) is 0.460. The number of ether oxygens (including phenoxy) is 1. The van der Waals surface area contributed by atoms with E-state index in [1.54, 1.807) is 60.8 Å². The molecule has 190 valence electrons. The summed E-state index contributed by atoms with van der Waals surface area (Å²) in [7, 11) is -3.90. The van der Waals surface area contributed by atoms with Crippen molar-refractivity contribution in [2.24, 2.45) is 5.14 Å². The first-order valence-electron chi connectivity index (χ1n) is 11.7. The molecule has 0 radical (unpaired) electrons. The van der Waals surface area contributed by atoms with Crippen LogP contribution < -0.4 is 20.9 Å². The number of benzene rings is 4. The summed E-state index contributed by atoms with van der Waals surface area (Å²) in [5.41, 5.74) is 8.34. The van der Waals surface area contributed by atoms with Gasteiger partial charge in [-0.05, 0) is 47.3 Å². The number of rotatable bonds is 7. The Morgan fingerprint density at radius 3 is 2.32 bits per heavy atom. The number of pyridine rings is 1. The van der Waals surface area contributed by atoms with Gasteiger partial charge in [0.05, 0.1) is 4.90 Å². The SMILES string of the molecule is Nc1nccc2ccc(OC(C(=O)Nc3ccc(-c4ccccc4S(N)(=O)=O)cc3)c3ccccc3)cc12. The first kappa shape index (κ1) is 24.9. The van der Waals surface area contributed by atoms with E-state index in [2.05, 4.69) is 10.3 Å². The van der Waals surface area contributed by atoms with Crippen LogP contribution in [0, 0.1) is 0 Å². The average molecular weight is 525 g/mol. The average Bonchev–Trinajstić information content (AvgIpc) is 2.92. The van der Waals surface area contributed by atoms with Gasteiger partial charge in [-0.2, -0.15) is 0 Å². The molecule has 0 saturated heterocycles. The standard InChI is InChI=1S/C29H24N4O4S/c30-28-25-18-23(15-12-20(25)16-17-32-28)37-27(21-6-2-1-3-7-21)29(34)33-22-13-10-19(11-14-22)24-8-4-5-9-26(24)38(31,35)36/h1-18,27H,(H2,30,32)(H,33,34)(H2,31,35,36). The highest BCUT2D eigenvalue weighted by atomic mass is 32.2. The van der Waals surface area contributed by atoms with E-state index < -0.39 is 16.1 Å². The molecule has 9 heteroatoms. The van der Waals surface area contributed by atoms with Crippen molar-refractivity contribution in [1.82, 2.24) is 4.98 Å². The summed E-state index contributed by atoms with van der Waals surface area (Å²) < 4.78 is 30.1. The Hall–Kier alpha value is -4.73. The van der Waals surface area contributed by atoms with Crippen molar-refractivity contribution >= 4 is 38.2 Å². The number of sulfonamides is 1. The highest BCUT2D eigenvalue weighted by Crippen LogP contribution is 2.30. The van der Waals surface area contributed by atoms with Gasteiger partial charge in [0, 0.05) is 28.4 Å². The number of carbonyl (C=O) groups is 1. The number of nitrogens with zero attached hydrogens (tertiary/aromatic N) is 1. The predicted octanol–water partition coefficient (Wildman–Crippen LogP) is 4.89. The predicted molar refractivity (Wildman–Crippen MR) is 148 cm³/mol. The Morgan fingerprint density at radius 2 is 1.58 bits per heavy atom. The van der Waals surface area contributed by atoms with E-state index in [0.717, 1.165) is 10.8 Å². The molecule has 0 bridgehead atoms. The van der Waals surface area contributed by atoms with Crippen LogP contribution in [-0.4, -0.2) is 19.3 Å². The van der Waals surface area contributed by atoms with Gasteiger partial charge in [-0.15, -0.1) is 0 Å². The number of primary sulfonamides is 1. The van der Waals surface area contributed by atoms with Crippen molar-refractivity contribution < 1.29 is 17.9 Å². The van der Waals surface area contributed by atoms with Crippen molar-refractivity contribution in [2.75, 3.05) is 11.1 Å². The van der Waals surface area contributed by atoms with E-state index in [9.17, 15) is 13.2 Å². The second-order valence-electron chi connectivity index (χ2n) is 8.60. The van der Waals surface area contributed by atoms with E-state index in [4.69, 9.17) is 15.6 Å². The second kappa shape index (κ2) is 10.3. The minimum Gasteiger partial charge on any atom is -0.476 e. The maximum absolute atomic E-state index is 13.4. The fraction of sp³-hybridized carbons (Fsp3) is 0.0345. The fourth-order valence-electron chi connectivity index (χ4n) is 4.17. The Morgan fingerprint density at radius 1 is 0.868 bits per heavy atom. The Labute approximate surface area is 219 Å². The largest absolute Gasteiger partial charge is 0.476 e. The van der Waals surface area contributed by atoms with Gasteiger partial charge < -0.3 is 15.8 Å². The lowest BCUT2D eigenvalue weighted by Gasteiger charge is -2.20. The van der Waals surface area contributed by atoms with Crippen LogP contribution in [0.3, 0.4) is 0 Å². The third kappa shape index (κ3) is 5.34. The molecule has 1 aromatic heterocycles. The number of fused-ring (bicyclic) bond motifs is 1. The molecule has 0 aliphatic carbocycles. The summed E-state index contributed by atoms with van der Waals surface area (Å²) >= 11 is 0. The van der Waals surface area contributed by atoms with E-state index in [1.807, 2.05) is 42.5 Å². The van der Waals surface area contributed by atoms with Crippen molar-refractivity contribution in [3.8, 4) is 16.9 Å². The van der Waals surface area contributed by atoms with E-state index in [1.165, 1.54) is 6.07 Å². The minimum atomic E-state index is -3.90. The van der Waals surface area contributed by atoms with Crippen LogP contribution in [0.5, 0.6) is 5.75 Å². The zero-order chi connectivity index (χ0) is 26.7. The van der Waals surface area contributed by atoms with Crippen LogP contribution in [0.1, 0.15) is 11.7 Å². The Balaban J connectivity index is 1.41. The van der Waals surface area contributed by atoms with Gasteiger partial charge in [0.2, 0.25) is 16.1 Å². The van der Waals surface area contributed by atoms with Gasteiger partial charge in [0.25, 0.3) is 5.91 Å². The molecule has 0 fully saturated rings. The summed E-state index contributed by atoms with van der Waals surface area (Å²) in [5, 5.41) is 9.90. The van der Waals surface area contributed by atoms with Crippen molar-refractivity contribution in [3.63, 3.8) is 0 Å². The van der Waals surface area contributed by atoms with Crippen LogP contribution in [0.2, 0.25) is 0 Å². The quantitative estimate of drug-likeness (QED) is 0.277. The smallest absolute Gasteiger partial charge is 0.270 e. The number of nitrogens with one attached hydrogen (secondary N) is 1. The summed E-state index contributed by atoms with van der Waals surface area (Å²) in [4.78, 5) is 17.6. The van der Waals surface area contributed by atoms with Crippen LogP contribution in [-0.2, 0) is 14.8 Å². The molecule has 5 N–H and O–H groups in total. The van der Waals surface area contributed by atoms with Crippen LogP contribution >= 0.6 is 0 Å². The number of nitrogen functional groups attached to an aromatic ring is 1. The molecule has 1 atom stereocenters. The molecule has 8 nitrogen and oxygen atoms in total. The van der Waals surface area contributed by atoms with Gasteiger partial charge in [-0.3, -0.25) is 4.79 Å². The molecule has 0 spiro atoms. The lowest BCUT2D eigenvalue weighted by molar-refractivity contribution is -0.123. The molecule has 1 heterocycles. The van der Waals surface area contributed by atoms with E-state index in [-0.39, 0.29) is 10.8 Å². The topological polar surface area (TPSA) is 137 Å². The summed E-state index contributed by atoms with van der Waals surface area (Å²) in [6.45, 7) is 0. The van der Waals surface area contributed by atoms with Crippen LogP contribution in [0.15, 0.2) is 114 Å². The van der Waals surface area contributed by atoms with Crippen molar-refractivity contribution in [2.45, 2.75) is 11.0 Å². The highest BCUT2D eigenvalue weighted by Gasteiger charge is 2.23. The number of carbonyl (C=O) groups excluding carboxylic acids is 1. The zero-order valence-electron chi connectivity index (χ0n) is 20.1. The van der Waals surface area contributed by atoms with Gasteiger partial charge >= 0.3 is 0 Å². The molecule has 1 unspecified atom stereocenters. The third-order valence-electron chi connectivity index (χ3n) is 6.02. The number of hydrogen-bond acceptors (Lipinski definition) is 6. The minimum absolute atomic E-state index is 0.0283. The normalized spacial score (nSPS) is 12.1. The fourth-order valence-corrected chi connectivity index (χ4v) is 4.93. The number of nitrogens with two attached hydrogens (primary N) is 2.